The van der Waals surface area contributed by atoms with Gasteiger partial charge in [-0.3, -0.25) is 4.79 Å². The number of halogens is 1. The summed E-state index contributed by atoms with van der Waals surface area (Å²) in [5.41, 5.74) is 0.775. The molecule has 0 heterocycles. The van der Waals surface area contributed by atoms with Gasteiger partial charge in [-0.15, -0.1) is 12.4 Å². The molecule has 62 valence electrons. The lowest BCUT2D eigenvalue weighted by molar-refractivity contribution is 0.101. The number of hydrogen-bond acceptors (Lipinski definition) is 1. The third-order valence-corrected chi connectivity index (χ3v) is 1.18. The zero-order chi connectivity index (χ0) is 6.69. The minimum absolute atomic E-state index is 0. The quantitative estimate of drug-likeness (QED) is 0.595. The van der Waals surface area contributed by atoms with Crippen molar-refractivity contribution < 1.29 is 10.3 Å². The molecule has 0 aliphatic rings. The minimum atomic E-state index is 0. The molecule has 0 aromatic heterocycles. The predicted octanol–water partition coefficient (Wildman–Crippen LogP) is 1.49. The second kappa shape index (κ2) is 5.89. The first-order valence-corrected chi connectivity index (χ1v) is 2.86. The van der Waals surface area contributed by atoms with Crippen LogP contribution in [0.5, 0.6) is 0 Å². The minimum Gasteiger partial charge on any atom is -0.412 e. The SMILES string of the molecule is CC(=O)c1ccccc1.Cl.O. The number of Topliss-reactive ketones (excluding diaryl/α,β-unsaturated/α-hetero) is 1. The molecule has 0 atom stereocenters. The van der Waals surface area contributed by atoms with E-state index in [-0.39, 0.29) is 23.7 Å². The molecule has 0 aliphatic carbocycles. The van der Waals surface area contributed by atoms with Crippen LogP contribution < -0.4 is 0 Å². The Morgan fingerprint density at radius 3 is 1.91 bits per heavy atom. The number of carbonyl (C=O) groups excluding carboxylic acids is 1. The van der Waals surface area contributed by atoms with Crippen LogP contribution in [0, 0.1) is 0 Å². The van der Waals surface area contributed by atoms with Crippen LogP contribution in [0.4, 0.5) is 0 Å². The molecular formula is C8H11ClO2. The van der Waals surface area contributed by atoms with Crippen molar-refractivity contribution in [3.05, 3.63) is 35.9 Å². The second-order valence-electron chi connectivity index (χ2n) is 1.92. The van der Waals surface area contributed by atoms with Crippen molar-refractivity contribution >= 4 is 18.2 Å². The Hall–Kier alpha value is -0.860. The van der Waals surface area contributed by atoms with E-state index in [1.54, 1.807) is 6.92 Å². The Balaban J connectivity index is 0. The van der Waals surface area contributed by atoms with E-state index in [1.807, 2.05) is 30.3 Å². The summed E-state index contributed by atoms with van der Waals surface area (Å²) in [6.45, 7) is 1.56. The smallest absolute Gasteiger partial charge is 0.159 e. The van der Waals surface area contributed by atoms with E-state index in [9.17, 15) is 4.79 Å². The van der Waals surface area contributed by atoms with Crippen LogP contribution in [0.25, 0.3) is 0 Å². The van der Waals surface area contributed by atoms with Crippen LogP contribution in [-0.4, -0.2) is 11.3 Å². The Kier molecular flexibility index (Phi) is 6.85. The maximum atomic E-state index is 10.6. The van der Waals surface area contributed by atoms with Crippen molar-refractivity contribution in [1.29, 1.82) is 0 Å². The molecular weight excluding hydrogens is 164 g/mol. The molecule has 0 radical (unpaired) electrons. The van der Waals surface area contributed by atoms with Gasteiger partial charge in [0.1, 0.15) is 0 Å². The molecule has 3 heteroatoms. The van der Waals surface area contributed by atoms with Crippen molar-refractivity contribution in [3.63, 3.8) is 0 Å². The third kappa shape index (κ3) is 3.75. The van der Waals surface area contributed by atoms with E-state index < -0.39 is 0 Å². The van der Waals surface area contributed by atoms with Crippen LogP contribution in [0.3, 0.4) is 0 Å². The Morgan fingerprint density at radius 2 is 1.64 bits per heavy atom. The van der Waals surface area contributed by atoms with E-state index in [0.717, 1.165) is 5.56 Å². The van der Waals surface area contributed by atoms with Crippen molar-refractivity contribution in [2.24, 2.45) is 0 Å². The van der Waals surface area contributed by atoms with Crippen LogP contribution in [0.2, 0.25) is 0 Å². The average molecular weight is 175 g/mol. The summed E-state index contributed by atoms with van der Waals surface area (Å²) in [4.78, 5) is 10.6. The standard InChI is InChI=1S/C8H8O.ClH.H2O/c1-7(9)8-5-3-2-4-6-8;;/h2-6H,1H3;1H;1H2. The van der Waals surface area contributed by atoms with Gasteiger partial charge in [0.2, 0.25) is 0 Å². The molecule has 1 aromatic rings. The Bertz CT molecular complexity index is 209. The monoisotopic (exact) mass is 174 g/mol. The van der Waals surface area contributed by atoms with Gasteiger partial charge in [-0.2, -0.15) is 0 Å². The fourth-order valence-electron chi connectivity index (χ4n) is 0.673. The van der Waals surface area contributed by atoms with Gasteiger partial charge in [0.15, 0.2) is 5.78 Å². The van der Waals surface area contributed by atoms with Crippen LogP contribution in [0.1, 0.15) is 17.3 Å². The number of hydrogen-bond donors (Lipinski definition) is 0. The summed E-state index contributed by atoms with van der Waals surface area (Å²) in [6, 6.07) is 9.23. The number of rotatable bonds is 1. The molecule has 2 nitrogen and oxygen atoms in total. The molecule has 0 bridgehead atoms. The number of benzene rings is 1. The third-order valence-electron chi connectivity index (χ3n) is 1.18. The van der Waals surface area contributed by atoms with Gasteiger partial charge in [0, 0.05) is 5.56 Å². The highest BCUT2D eigenvalue weighted by molar-refractivity contribution is 5.93. The summed E-state index contributed by atoms with van der Waals surface area (Å²) in [7, 11) is 0. The molecule has 0 saturated heterocycles. The van der Waals surface area contributed by atoms with E-state index >= 15 is 0 Å². The largest absolute Gasteiger partial charge is 0.412 e. The summed E-state index contributed by atoms with van der Waals surface area (Å²) in [5, 5.41) is 0. The highest BCUT2D eigenvalue weighted by Gasteiger charge is 1.92. The zero-order valence-electron chi connectivity index (χ0n) is 6.20. The van der Waals surface area contributed by atoms with E-state index in [1.165, 1.54) is 0 Å². The first-order valence-electron chi connectivity index (χ1n) is 2.86. The highest BCUT2D eigenvalue weighted by Crippen LogP contribution is 1.97. The maximum absolute atomic E-state index is 10.6. The molecule has 11 heavy (non-hydrogen) atoms. The molecule has 1 rings (SSSR count). The van der Waals surface area contributed by atoms with Crippen molar-refractivity contribution in [2.75, 3.05) is 0 Å². The Morgan fingerprint density at radius 1 is 1.18 bits per heavy atom. The van der Waals surface area contributed by atoms with Crippen molar-refractivity contribution in [2.45, 2.75) is 6.92 Å². The van der Waals surface area contributed by atoms with Crippen LogP contribution >= 0.6 is 12.4 Å². The Labute approximate surface area is 72.0 Å². The number of ketones is 1. The molecule has 0 saturated carbocycles. The topological polar surface area (TPSA) is 48.6 Å². The molecule has 0 amide bonds. The lowest BCUT2D eigenvalue weighted by Crippen LogP contribution is -1.88. The fraction of sp³-hybridized carbons (Fsp3) is 0.125. The summed E-state index contributed by atoms with van der Waals surface area (Å²) in [5.74, 6) is 0.121. The highest BCUT2D eigenvalue weighted by atomic mass is 35.5. The predicted molar refractivity (Wildman–Crippen MR) is 47.3 cm³/mol. The van der Waals surface area contributed by atoms with Crippen molar-refractivity contribution in [1.82, 2.24) is 0 Å². The van der Waals surface area contributed by atoms with Crippen molar-refractivity contribution in [3.8, 4) is 0 Å². The van der Waals surface area contributed by atoms with Gasteiger partial charge in [-0.1, -0.05) is 30.3 Å². The summed E-state index contributed by atoms with van der Waals surface area (Å²) < 4.78 is 0. The van der Waals surface area contributed by atoms with Crippen LogP contribution in [-0.2, 0) is 0 Å². The molecule has 0 fully saturated rings. The molecule has 2 N–H and O–H groups in total. The lowest BCUT2D eigenvalue weighted by Gasteiger charge is -1.89. The van der Waals surface area contributed by atoms with E-state index in [0.29, 0.717) is 0 Å². The first-order chi connectivity index (χ1) is 4.30. The molecule has 0 unspecified atom stereocenters. The first kappa shape index (κ1) is 12.8. The van der Waals surface area contributed by atoms with Crippen LogP contribution in [0.15, 0.2) is 30.3 Å². The van der Waals surface area contributed by atoms with Gasteiger partial charge < -0.3 is 5.48 Å². The van der Waals surface area contributed by atoms with Gasteiger partial charge in [-0.05, 0) is 6.92 Å². The summed E-state index contributed by atoms with van der Waals surface area (Å²) in [6.07, 6.45) is 0. The van der Waals surface area contributed by atoms with E-state index in [2.05, 4.69) is 0 Å². The van der Waals surface area contributed by atoms with Gasteiger partial charge in [0.05, 0.1) is 0 Å². The second-order valence-corrected chi connectivity index (χ2v) is 1.92. The zero-order valence-corrected chi connectivity index (χ0v) is 7.02. The molecule has 0 spiro atoms. The molecule has 1 aromatic carbocycles. The maximum Gasteiger partial charge on any atom is 0.159 e. The van der Waals surface area contributed by atoms with Gasteiger partial charge >= 0.3 is 0 Å². The normalized spacial score (nSPS) is 7.36. The number of carbonyl (C=O) groups is 1. The average Bonchev–Trinajstić information content (AvgIpc) is 1.90. The lowest BCUT2D eigenvalue weighted by atomic mass is 10.2. The van der Waals surface area contributed by atoms with Gasteiger partial charge in [0.25, 0.3) is 0 Å². The molecule has 0 aliphatic heterocycles. The fourth-order valence-corrected chi connectivity index (χ4v) is 0.673. The summed E-state index contributed by atoms with van der Waals surface area (Å²) >= 11 is 0. The van der Waals surface area contributed by atoms with E-state index in [4.69, 9.17) is 0 Å². The van der Waals surface area contributed by atoms with Gasteiger partial charge in [-0.25, -0.2) is 0 Å².